The van der Waals surface area contributed by atoms with Gasteiger partial charge in [0.2, 0.25) is 0 Å². The lowest BCUT2D eigenvalue weighted by Crippen LogP contribution is -2.40. The maximum atomic E-state index is 11.9. The second-order valence-electron chi connectivity index (χ2n) is 4.39. The Kier molecular flexibility index (Phi) is 4.04. The molecule has 1 atom stereocenters. The Bertz CT molecular complexity index is 422. The zero-order valence-corrected chi connectivity index (χ0v) is 10.2. The summed E-state index contributed by atoms with van der Waals surface area (Å²) in [6.45, 7) is 0.668. The molecule has 1 aliphatic heterocycles. The molecule has 0 spiro atoms. The first-order valence-electron chi connectivity index (χ1n) is 6.10. The van der Waals surface area contributed by atoms with Crippen molar-refractivity contribution < 1.29 is 14.6 Å². The van der Waals surface area contributed by atoms with Crippen molar-refractivity contribution in [3.05, 3.63) is 24.3 Å². The van der Waals surface area contributed by atoms with Gasteiger partial charge in [-0.05, 0) is 25.0 Å². The highest BCUT2D eigenvalue weighted by Gasteiger charge is 2.28. The van der Waals surface area contributed by atoms with Crippen molar-refractivity contribution in [3.63, 3.8) is 0 Å². The maximum absolute atomic E-state index is 11.9. The largest absolute Gasteiger partial charge is 0.482 e. The van der Waals surface area contributed by atoms with Gasteiger partial charge < -0.3 is 20.5 Å². The minimum absolute atomic E-state index is 0.0131. The fourth-order valence-corrected chi connectivity index (χ4v) is 2.19. The molecule has 0 aromatic heterocycles. The van der Waals surface area contributed by atoms with Gasteiger partial charge in [-0.25, -0.2) is 0 Å². The summed E-state index contributed by atoms with van der Waals surface area (Å²) < 4.78 is 5.41. The summed E-state index contributed by atoms with van der Waals surface area (Å²) in [5, 5.41) is 9.16. The molecule has 1 fully saturated rings. The molecule has 2 rings (SSSR count). The van der Waals surface area contributed by atoms with Gasteiger partial charge in [-0.2, -0.15) is 0 Å². The number of amides is 1. The molecule has 1 aliphatic rings. The molecule has 0 bridgehead atoms. The standard InChI is InChI=1S/C13H18N2O3/c14-11-5-1-2-6-12(11)18-9-13(17)15-7-3-4-10(15)8-16/h1-2,5-6,10,16H,3-4,7-9,14H2/t10-/m0/s1. The number of benzene rings is 1. The van der Waals surface area contributed by atoms with Crippen molar-refractivity contribution in [2.45, 2.75) is 18.9 Å². The lowest BCUT2D eigenvalue weighted by molar-refractivity contribution is -0.134. The van der Waals surface area contributed by atoms with Crippen LogP contribution in [0.4, 0.5) is 5.69 Å². The Morgan fingerprint density at radius 2 is 2.28 bits per heavy atom. The Balaban J connectivity index is 1.90. The molecule has 5 nitrogen and oxygen atoms in total. The summed E-state index contributed by atoms with van der Waals surface area (Å²) in [5.41, 5.74) is 6.24. The fraction of sp³-hybridized carbons (Fsp3) is 0.462. The number of nitrogen functional groups attached to an aromatic ring is 1. The van der Waals surface area contributed by atoms with E-state index in [1.807, 2.05) is 12.1 Å². The summed E-state index contributed by atoms with van der Waals surface area (Å²) >= 11 is 0. The summed E-state index contributed by atoms with van der Waals surface area (Å²) in [6.07, 6.45) is 1.79. The van der Waals surface area contributed by atoms with Crippen LogP contribution in [0.15, 0.2) is 24.3 Å². The average Bonchev–Trinajstić information content (AvgIpc) is 2.86. The number of nitrogens with zero attached hydrogens (tertiary/aromatic N) is 1. The number of likely N-dealkylation sites (tertiary alicyclic amines) is 1. The van der Waals surface area contributed by atoms with E-state index in [1.165, 1.54) is 0 Å². The number of rotatable bonds is 4. The third-order valence-corrected chi connectivity index (χ3v) is 3.18. The Hall–Kier alpha value is -1.75. The second kappa shape index (κ2) is 5.73. The molecule has 1 aromatic carbocycles. The van der Waals surface area contributed by atoms with Crippen LogP contribution in [0.2, 0.25) is 0 Å². The van der Waals surface area contributed by atoms with Crippen LogP contribution >= 0.6 is 0 Å². The van der Waals surface area contributed by atoms with E-state index in [0.717, 1.165) is 12.8 Å². The quantitative estimate of drug-likeness (QED) is 0.769. The van der Waals surface area contributed by atoms with Gasteiger partial charge in [0.1, 0.15) is 5.75 Å². The molecular formula is C13H18N2O3. The number of aliphatic hydroxyl groups excluding tert-OH is 1. The molecular weight excluding hydrogens is 232 g/mol. The number of aliphatic hydroxyl groups is 1. The van der Waals surface area contributed by atoms with Crippen LogP contribution in [0.1, 0.15) is 12.8 Å². The fourth-order valence-electron chi connectivity index (χ4n) is 2.19. The smallest absolute Gasteiger partial charge is 0.260 e. The molecule has 18 heavy (non-hydrogen) atoms. The molecule has 1 heterocycles. The lowest BCUT2D eigenvalue weighted by atomic mass is 10.2. The normalized spacial score (nSPS) is 18.9. The number of hydrogen-bond donors (Lipinski definition) is 2. The molecule has 5 heteroatoms. The van der Waals surface area contributed by atoms with Gasteiger partial charge in [0.05, 0.1) is 18.3 Å². The number of carbonyl (C=O) groups is 1. The van der Waals surface area contributed by atoms with Gasteiger partial charge >= 0.3 is 0 Å². The van der Waals surface area contributed by atoms with E-state index >= 15 is 0 Å². The zero-order valence-electron chi connectivity index (χ0n) is 10.2. The molecule has 1 aromatic rings. The van der Waals surface area contributed by atoms with Gasteiger partial charge in [-0.15, -0.1) is 0 Å². The van der Waals surface area contributed by atoms with Gasteiger partial charge in [-0.1, -0.05) is 12.1 Å². The summed E-state index contributed by atoms with van der Waals surface area (Å²) in [4.78, 5) is 13.6. The van der Waals surface area contributed by atoms with Gasteiger partial charge in [0.25, 0.3) is 5.91 Å². The third-order valence-electron chi connectivity index (χ3n) is 3.18. The molecule has 1 saturated heterocycles. The monoisotopic (exact) mass is 250 g/mol. The van der Waals surface area contributed by atoms with Crippen LogP contribution in [0, 0.1) is 0 Å². The summed E-state index contributed by atoms with van der Waals surface area (Å²) in [7, 11) is 0. The Labute approximate surface area is 106 Å². The number of hydrogen-bond acceptors (Lipinski definition) is 4. The minimum atomic E-state index is -0.102. The van der Waals surface area contributed by atoms with Crippen LogP contribution in [0.25, 0.3) is 0 Å². The van der Waals surface area contributed by atoms with Crippen molar-refractivity contribution >= 4 is 11.6 Å². The SMILES string of the molecule is Nc1ccccc1OCC(=O)N1CCC[C@H]1CO. The molecule has 1 amide bonds. The van der Waals surface area contributed by atoms with E-state index < -0.39 is 0 Å². The van der Waals surface area contributed by atoms with E-state index in [1.54, 1.807) is 17.0 Å². The summed E-state index contributed by atoms with van der Waals surface area (Å²) in [5.74, 6) is 0.417. The van der Waals surface area contributed by atoms with E-state index in [0.29, 0.717) is 18.0 Å². The number of carbonyl (C=O) groups excluding carboxylic acids is 1. The molecule has 98 valence electrons. The van der Waals surface area contributed by atoms with Crippen molar-refractivity contribution in [3.8, 4) is 5.75 Å². The zero-order chi connectivity index (χ0) is 13.0. The second-order valence-corrected chi connectivity index (χ2v) is 4.39. The molecule has 0 saturated carbocycles. The number of nitrogens with two attached hydrogens (primary N) is 1. The molecule has 3 N–H and O–H groups in total. The number of ether oxygens (including phenoxy) is 1. The first-order chi connectivity index (χ1) is 8.72. The molecule has 0 unspecified atom stereocenters. The van der Waals surface area contributed by atoms with Crippen molar-refractivity contribution in [2.75, 3.05) is 25.5 Å². The van der Waals surface area contributed by atoms with E-state index in [4.69, 9.17) is 15.6 Å². The molecule has 0 radical (unpaired) electrons. The van der Waals surface area contributed by atoms with E-state index in [9.17, 15) is 4.79 Å². The van der Waals surface area contributed by atoms with Crippen LogP contribution in [0.3, 0.4) is 0 Å². The van der Waals surface area contributed by atoms with Crippen molar-refractivity contribution in [1.29, 1.82) is 0 Å². The Morgan fingerprint density at radius 1 is 1.50 bits per heavy atom. The van der Waals surface area contributed by atoms with Crippen LogP contribution in [-0.2, 0) is 4.79 Å². The average molecular weight is 250 g/mol. The number of anilines is 1. The van der Waals surface area contributed by atoms with Gasteiger partial charge in [0.15, 0.2) is 6.61 Å². The van der Waals surface area contributed by atoms with Crippen LogP contribution < -0.4 is 10.5 Å². The van der Waals surface area contributed by atoms with Crippen molar-refractivity contribution in [1.82, 2.24) is 4.90 Å². The highest BCUT2D eigenvalue weighted by molar-refractivity contribution is 5.78. The highest BCUT2D eigenvalue weighted by Crippen LogP contribution is 2.21. The highest BCUT2D eigenvalue weighted by atomic mass is 16.5. The minimum Gasteiger partial charge on any atom is -0.482 e. The Morgan fingerprint density at radius 3 is 3.00 bits per heavy atom. The van der Waals surface area contributed by atoms with Crippen molar-refractivity contribution in [2.24, 2.45) is 0 Å². The van der Waals surface area contributed by atoms with E-state index in [2.05, 4.69) is 0 Å². The first kappa shape index (κ1) is 12.7. The van der Waals surface area contributed by atoms with Crippen LogP contribution in [0.5, 0.6) is 5.75 Å². The summed E-state index contributed by atoms with van der Waals surface area (Å²) in [6, 6.07) is 7.02. The third kappa shape index (κ3) is 2.73. The predicted molar refractivity (Wildman–Crippen MR) is 68.2 cm³/mol. The van der Waals surface area contributed by atoms with Crippen LogP contribution in [-0.4, -0.2) is 41.7 Å². The predicted octanol–water partition coefficient (Wildman–Crippen LogP) is 0.631. The first-order valence-corrected chi connectivity index (χ1v) is 6.10. The number of para-hydroxylation sites is 2. The topological polar surface area (TPSA) is 75.8 Å². The van der Waals surface area contributed by atoms with Gasteiger partial charge in [0, 0.05) is 6.54 Å². The molecule has 0 aliphatic carbocycles. The maximum Gasteiger partial charge on any atom is 0.260 e. The lowest BCUT2D eigenvalue weighted by Gasteiger charge is -2.23. The van der Waals surface area contributed by atoms with Gasteiger partial charge in [-0.3, -0.25) is 4.79 Å². The van der Waals surface area contributed by atoms with E-state index in [-0.39, 0.29) is 25.2 Å².